The molecule has 0 spiro atoms. The molecule has 2 unspecified atom stereocenters. The quantitative estimate of drug-likeness (QED) is 0.155. The molecule has 0 bridgehead atoms. The fraction of sp³-hybridized carbons (Fsp3) is 0.375. The van der Waals surface area contributed by atoms with Crippen molar-refractivity contribution in [1.29, 1.82) is 0 Å². The first-order valence-corrected chi connectivity index (χ1v) is 17.6. The van der Waals surface area contributed by atoms with Crippen LogP contribution in [0.1, 0.15) is 66.6 Å². The second-order valence-corrected chi connectivity index (χ2v) is 14.0. The number of carboxylic acid groups (broad SMARTS) is 1. The Morgan fingerprint density at radius 1 is 0.980 bits per heavy atom. The number of alkyl halides is 2. The summed E-state index contributed by atoms with van der Waals surface area (Å²) in [6, 6.07) is 16.7. The van der Waals surface area contributed by atoms with Crippen molar-refractivity contribution < 1.29 is 32.3 Å². The Kier molecular flexibility index (Phi) is 8.71. The molecule has 51 heavy (non-hydrogen) atoms. The molecule has 0 saturated carbocycles. The van der Waals surface area contributed by atoms with Gasteiger partial charge in [0.2, 0.25) is 11.8 Å². The van der Waals surface area contributed by atoms with Gasteiger partial charge in [0.25, 0.3) is 0 Å². The van der Waals surface area contributed by atoms with E-state index < -0.39 is 24.0 Å². The number of hydrogen-bond acceptors (Lipinski definition) is 8. The Morgan fingerprint density at radius 3 is 2.47 bits per heavy atom. The number of aliphatic carboxylic acids is 1. The van der Waals surface area contributed by atoms with Gasteiger partial charge in [-0.25, -0.2) is 9.97 Å². The van der Waals surface area contributed by atoms with Gasteiger partial charge in [-0.1, -0.05) is 55.5 Å². The smallest absolute Gasteiger partial charge is 0.387 e. The van der Waals surface area contributed by atoms with Gasteiger partial charge in [-0.2, -0.15) is 8.78 Å². The number of carbonyl (C=O) groups is 1. The molecule has 3 atom stereocenters. The minimum atomic E-state index is -3.08. The molecule has 2 aliphatic heterocycles. The van der Waals surface area contributed by atoms with Gasteiger partial charge in [0.1, 0.15) is 28.2 Å². The van der Waals surface area contributed by atoms with Crippen molar-refractivity contribution in [3.63, 3.8) is 0 Å². The first-order chi connectivity index (χ1) is 24.7. The zero-order chi connectivity index (χ0) is 35.3. The van der Waals surface area contributed by atoms with Crippen LogP contribution in [-0.4, -0.2) is 63.1 Å². The molecule has 1 aliphatic carbocycles. The zero-order valence-electron chi connectivity index (χ0n) is 28.6. The highest BCUT2D eigenvalue weighted by atomic mass is 19.3. The number of oxazole rings is 2. The summed E-state index contributed by atoms with van der Waals surface area (Å²) in [5, 5.41) is 9.76. The Morgan fingerprint density at radius 2 is 1.73 bits per heavy atom. The van der Waals surface area contributed by atoms with Gasteiger partial charge in [0, 0.05) is 30.6 Å². The van der Waals surface area contributed by atoms with E-state index in [1.807, 2.05) is 30.4 Å². The fourth-order valence-corrected chi connectivity index (χ4v) is 8.13. The SMILES string of the molecule is Cc1ccccc1C1=CC=CC(c2nc3cc(CN4CCCC4)ccc3o2)(c2nc3cc(CN4CCC[C@H]4C(=O)O)c(OC(F)F)cc3o2)C1C. The number of ether oxygens (including phenoxy) is 1. The largest absolute Gasteiger partial charge is 0.480 e. The maximum absolute atomic E-state index is 13.7. The summed E-state index contributed by atoms with van der Waals surface area (Å²) in [7, 11) is 0. The van der Waals surface area contributed by atoms with E-state index in [1.165, 1.54) is 18.9 Å². The van der Waals surface area contributed by atoms with Crippen molar-refractivity contribution in [3.8, 4) is 5.75 Å². The monoisotopic (exact) mass is 694 g/mol. The van der Waals surface area contributed by atoms with Gasteiger partial charge < -0.3 is 18.7 Å². The summed E-state index contributed by atoms with van der Waals surface area (Å²) >= 11 is 0. The predicted molar refractivity (Wildman–Crippen MR) is 188 cm³/mol. The van der Waals surface area contributed by atoms with E-state index in [0.29, 0.717) is 47.8 Å². The molecule has 2 aromatic heterocycles. The zero-order valence-corrected chi connectivity index (χ0v) is 28.6. The number of nitrogens with zero attached hydrogens (tertiary/aromatic N) is 4. The van der Waals surface area contributed by atoms with E-state index in [0.717, 1.165) is 47.4 Å². The Bertz CT molecular complexity index is 2170. The number of benzene rings is 3. The molecule has 8 rings (SSSR count). The van der Waals surface area contributed by atoms with Crippen molar-refractivity contribution in [2.75, 3.05) is 19.6 Å². The molecule has 2 saturated heterocycles. The second-order valence-electron chi connectivity index (χ2n) is 14.0. The summed E-state index contributed by atoms with van der Waals surface area (Å²) < 4.78 is 45.5. The Labute approximate surface area is 294 Å². The van der Waals surface area contributed by atoms with E-state index in [-0.39, 0.29) is 23.8 Å². The topological polar surface area (TPSA) is 105 Å². The van der Waals surface area contributed by atoms with Crippen LogP contribution in [0.3, 0.4) is 0 Å². The maximum atomic E-state index is 13.7. The first-order valence-electron chi connectivity index (χ1n) is 17.6. The average Bonchev–Trinajstić information content (AvgIpc) is 3.93. The lowest BCUT2D eigenvalue weighted by atomic mass is 9.67. The van der Waals surface area contributed by atoms with Crippen LogP contribution in [0.2, 0.25) is 0 Å². The van der Waals surface area contributed by atoms with Crippen LogP contribution in [0, 0.1) is 12.8 Å². The normalized spacial score (nSPS) is 22.8. The van der Waals surface area contributed by atoms with Crippen LogP contribution in [-0.2, 0) is 23.3 Å². The molecule has 2 fully saturated rings. The highest BCUT2D eigenvalue weighted by molar-refractivity contribution is 5.80. The number of hydrogen-bond donors (Lipinski definition) is 1. The number of carboxylic acids is 1. The number of fused-ring (bicyclic) bond motifs is 2. The number of allylic oxidation sites excluding steroid dienone is 4. The van der Waals surface area contributed by atoms with E-state index in [1.54, 1.807) is 11.0 Å². The molecule has 264 valence electrons. The van der Waals surface area contributed by atoms with E-state index in [4.69, 9.17) is 23.5 Å². The average molecular weight is 695 g/mol. The van der Waals surface area contributed by atoms with Crippen molar-refractivity contribution in [2.24, 2.45) is 5.92 Å². The summed E-state index contributed by atoms with van der Waals surface area (Å²) in [5.41, 5.74) is 5.78. The number of likely N-dealkylation sites (tertiary alicyclic amines) is 2. The third-order valence-electron chi connectivity index (χ3n) is 10.8. The van der Waals surface area contributed by atoms with Gasteiger partial charge in [0.15, 0.2) is 11.2 Å². The lowest BCUT2D eigenvalue weighted by Gasteiger charge is -2.35. The highest BCUT2D eigenvalue weighted by Crippen LogP contribution is 2.50. The van der Waals surface area contributed by atoms with Crippen molar-refractivity contribution >= 4 is 33.7 Å². The maximum Gasteiger partial charge on any atom is 0.387 e. The molecular weight excluding hydrogens is 654 g/mol. The summed E-state index contributed by atoms with van der Waals surface area (Å²) in [5.74, 6) is -0.575. The fourth-order valence-electron chi connectivity index (χ4n) is 8.13. The van der Waals surface area contributed by atoms with Crippen molar-refractivity contribution in [2.45, 2.75) is 70.7 Å². The third-order valence-corrected chi connectivity index (χ3v) is 10.8. The predicted octanol–water partition coefficient (Wildman–Crippen LogP) is 8.10. The Hall–Kier alpha value is -4.87. The van der Waals surface area contributed by atoms with Crippen LogP contribution >= 0.6 is 0 Å². The van der Waals surface area contributed by atoms with Crippen molar-refractivity contribution in [3.05, 3.63) is 107 Å². The molecule has 5 aromatic rings. The summed E-state index contributed by atoms with van der Waals surface area (Å²) in [6.45, 7) is 4.76. The van der Waals surface area contributed by atoms with Crippen molar-refractivity contribution in [1.82, 2.24) is 19.8 Å². The van der Waals surface area contributed by atoms with Gasteiger partial charge >= 0.3 is 12.6 Å². The van der Waals surface area contributed by atoms with Crippen LogP contribution in [0.4, 0.5) is 8.78 Å². The molecule has 3 aromatic carbocycles. The molecule has 0 amide bonds. The Balaban J connectivity index is 1.26. The molecule has 1 N–H and O–H groups in total. The van der Waals surface area contributed by atoms with Crippen LogP contribution in [0.25, 0.3) is 27.8 Å². The van der Waals surface area contributed by atoms with Crippen LogP contribution < -0.4 is 4.74 Å². The minimum Gasteiger partial charge on any atom is -0.480 e. The lowest BCUT2D eigenvalue weighted by molar-refractivity contribution is -0.142. The standard InChI is InChI=1S/C40H40F2N4O5/c1-24-9-3-4-10-28(24)29-11-7-15-40(25(29)2,37-43-30-19-26(13-14-33(30)49-37)22-45-16-5-6-17-45)38-44-31-20-27(23-46-18-8-12-32(46)36(47)48)34(51-39(41)42)21-35(31)50-38/h3-4,7,9-11,13-15,19-21,25,32,39H,5-6,8,12,16-18,22-23H2,1-2H3,(H,47,48)/t25?,32-,40?/m0/s1. The van der Waals surface area contributed by atoms with Gasteiger partial charge in [-0.05, 0) is 92.7 Å². The molecule has 3 aliphatic rings. The first kappa shape index (κ1) is 33.3. The summed E-state index contributed by atoms with van der Waals surface area (Å²) in [4.78, 5) is 26.3. The molecular formula is C40H40F2N4O5. The van der Waals surface area contributed by atoms with Gasteiger partial charge in [0.05, 0.1) is 0 Å². The number of rotatable bonds is 10. The molecule has 4 heterocycles. The molecule has 0 radical (unpaired) electrons. The number of aromatic nitrogens is 2. The number of aryl methyl sites for hydroxylation is 1. The van der Waals surface area contributed by atoms with E-state index in [9.17, 15) is 18.7 Å². The third kappa shape index (κ3) is 6.12. The molecule has 9 nitrogen and oxygen atoms in total. The van der Waals surface area contributed by atoms with E-state index in [2.05, 4.69) is 49.1 Å². The van der Waals surface area contributed by atoms with Crippen LogP contribution in [0.5, 0.6) is 5.75 Å². The number of halogens is 2. The van der Waals surface area contributed by atoms with E-state index >= 15 is 0 Å². The van der Waals surface area contributed by atoms with Gasteiger partial charge in [-0.3, -0.25) is 14.6 Å². The molecule has 11 heteroatoms. The lowest BCUT2D eigenvalue weighted by Crippen LogP contribution is -2.36. The summed E-state index contributed by atoms with van der Waals surface area (Å²) in [6.07, 6.45) is 9.67. The minimum absolute atomic E-state index is 0.0783. The second kappa shape index (κ2) is 13.4. The highest BCUT2D eigenvalue weighted by Gasteiger charge is 2.49. The van der Waals surface area contributed by atoms with Gasteiger partial charge in [-0.15, -0.1) is 0 Å². The van der Waals surface area contributed by atoms with Crippen LogP contribution in [0.15, 0.2) is 81.7 Å².